The minimum atomic E-state index is -0.311. The van der Waals surface area contributed by atoms with Crippen LogP contribution in [0.2, 0.25) is 0 Å². The zero-order valence-electron chi connectivity index (χ0n) is 48.4. The molecular formula is C53H96O20. The second-order valence-corrected chi connectivity index (χ2v) is 17.2. The third kappa shape index (κ3) is 55.4. The summed E-state index contributed by atoms with van der Waals surface area (Å²) >= 11 is 0. The Labute approximate surface area is 437 Å². The second kappa shape index (κ2) is 62.4. The molecule has 73 heavy (non-hydrogen) atoms. The molecule has 0 aliphatic rings. The van der Waals surface area contributed by atoms with Crippen molar-refractivity contribution in [1.29, 1.82) is 0 Å². The van der Waals surface area contributed by atoms with E-state index in [9.17, 15) is 24.0 Å². The third-order valence-electron chi connectivity index (χ3n) is 11.8. The summed E-state index contributed by atoms with van der Waals surface area (Å²) in [4.78, 5) is 138. The fraction of sp³-hybridized carbons (Fsp3) is 0.811. The third-order valence-corrected chi connectivity index (χ3v) is 11.8. The summed E-state index contributed by atoms with van der Waals surface area (Å²) in [5, 5.41) is 0. The molecule has 428 valence electrons. The molecule has 0 N–H and O–H groups in total. The Hall–Kier alpha value is -5.75. The Kier molecular flexibility index (Phi) is 76.9. The summed E-state index contributed by atoms with van der Waals surface area (Å²) in [6.07, 6.45) is 15.3. The first kappa shape index (κ1) is 90.1. The molecule has 0 fully saturated rings. The van der Waals surface area contributed by atoms with E-state index in [0.717, 1.165) is 96.3 Å². The van der Waals surface area contributed by atoms with Gasteiger partial charge in [-0.05, 0) is 119 Å². The molecule has 0 radical (unpaired) electrons. The number of carbonyl (C=O) groups is 5. The topological polar surface area (TPSA) is 302 Å². The summed E-state index contributed by atoms with van der Waals surface area (Å²) in [5.74, 6) is -0.335. The minimum absolute atomic E-state index is 0.00750. The van der Waals surface area contributed by atoms with Crippen molar-refractivity contribution in [2.24, 2.45) is 27.1 Å². The first-order valence-electron chi connectivity index (χ1n) is 24.7. The number of unbranched alkanes of at least 4 members (excludes halogenated alkanes) is 2. The summed E-state index contributed by atoms with van der Waals surface area (Å²) in [6, 6.07) is 0. The highest BCUT2D eigenvalue weighted by Crippen LogP contribution is 2.31. The van der Waals surface area contributed by atoms with E-state index in [1.165, 1.54) is 14.2 Å². The number of esters is 5. The summed E-state index contributed by atoms with van der Waals surface area (Å²) < 4.78 is 24.6. The Bertz CT molecular complexity index is 1450. The quantitative estimate of drug-likeness (QED) is 0.0522. The lowest BCUT2D eigenvalue weighted by Crippen LogP contribution is -2.29. The van der Waals surface area contributed by atoms with Gasteiger partial charge in [-0.1, -0.05) is 102 Å². The van der Waals surface area contributed by atoms with Crippen molar-refractivity contribution >= 4 is 60.6 Å². The smallest absolute Gasteiger partial charge is 0.373 e. The maximum Gasteiger partial charge on any atom is 0.373 e. The lowest BCUT2D eigenvalue weighted by Gasteiger charge is -2.25. The van der Waals surface area contributed by atoms with Gasteiger partial charge in [0.25, 0.3) is 0 Å². The molecule has 0 saturated heterocycles. The van der Waals surface area contributed by atoms with Gasteiger partial charge in [0.1, 0.15) is 0 Å². The monoisotopic (exact) mass is 1050 g/mol. The fourth-order valence-electron chi connectivity index (χ4n) is 4.87. The molecule has 0 aliphatic carbocycles. The van der Waals surface area contributed by atoms with Crippen LogP contribution >= 0.6 is 0 Å². The molecule has 0 aliphatic heterocycles. The van der Waals surface area contributed by atoms with Gasteiger partial charge in [-0.15, -0.1) is 0 Å². The molecule has 20 nitrogen and oxygen atoms in total. The van der Waals surface area contributed by atoms with Gasteiger partial charge in [-0.2, -0.15) is 47.9 Å². The summed E-state index contributed by atoms with van der Waals surface area (Å²) in [5.41, 5.74) is -1.37. The highest BCUT2D eigenvalue weighted by atomic mass is 16.5. The number of hydrogen-bond donors (Lipinski definition) is 0. The molecular weight excluding hydrogens is 957 g/mol. The van der Waals surface area contributed by atoms with Crippen molar-refractivity contribution < 1.29 is 95.6 Å². The second-order valence-electron chi connectivity index (χ2n) is 17.2. The van der Waals surface area contributed by atoms with Crippen molar-refractivity contribution in [3.8, 4) is 0 Å². The van der Waals surface area contributed by atoms with Crippen LogP contribution in [-0.4, -0.2) is 94.6 Å². The van der Waals surface area contributed by atoms with Crippen LogP contribution in [0.1, 0.15) is 221 Å². The minimum Gasteiger partial charge on any atom is -0.469 e. The molecule has 2 unspecified atom stereocenters. The van der Waals surface area contributed by atoms with Crippen LogP contribution in [0.15, 0.2) is 0 Å². The van der Waals surface area contributed by atoms with Gasteiger partial charge in [-0.25, -0.2) is 0 Å². The average molecular weight is 1050 g/mol. The van der Waals surface area contributed by atoms with Crippen molar-refractivity contribution in [2.45, 2.75) is 221 Å². The lowest BCUT2D eigenvalue weighted by atomic mass is 9.82. The number of methoxy groups -OCH3 is 2. The van der Waals surface area contributed by atoms with Gasteiger partial charge in [0.2, 0.25) is 0 Å². The Balaban J connectivity index is -0.0000000798. The highest BCUT2D eigenvalue weighted by molar-refractivity contribution is 5.77. The van der Waals surface area contributed by atoms with Crippen molar-refractivity contribution in [1.82, 2.24) is 0 Å². The molecule has 0 rings (SSSR count). The molecule has 0 aromatic carbocycles. The van der Waals surface area contributed by atoms with Gasteiger partial charge in [0.05, 0.1) is 61.1 Å². The molecule has 0 amide bonds. The molecule has 0 aromatic rings. The Morgan fingerprint density at radius 2 is 0.616 bits per heavy atom. The van der Waals surface area contributed by atoms with Crippen LogP contribution in [0.5, 0.6) is 0 Å². The maximum absolute atomic E-state index is 11.9. The molecule has 0 saturated carbocycles. The number of carbonyl (C=O) groups excluding carboxylic acids is 15. The van der Waals surface area contributed by atoms with Crippen LogP contribution in [-0.2, 0) is 95.6 Å². The standard InChI is InChI=1S/C13H26O2.C11H22O2.C9H18O2.C8H16O2.C7H14O2.5CO2/c1-5-8-10-13(4,7-3)12(14)15-11-9-6-2;1-5-8-11(4,7-3)10(12)13-9-6-2;1-5-9(4,6-2)8(10)11-7-3;1-5-8(3,6-2)7(9)10-4;1-5-7(2,3)6(8)9-4;5*2-1-3/h5-11H2,1-4H3;5-9H2,1-4H3;5-7H2,1-4H3;5-6H2,1-4H3;5H2,1-4H3;;;;;. The maximum atomic E-state index is 11.9. The molecule has 0 bridgehead atoms. The van der Waals surface area contributed by atoms with E-state index in [-0.39, 0.29) is 87.7 Å². The van der Waals surface area contributed by atoms with Crippen LogP contribution < -0.4 is 0 Å². The fourth-order valence-corrected chi connectivity index (χ4v) is 4.87. The van der Waals surface area contributed by atoms with Gasteiger partial charge < -0.3 is 23.7 Å². The average Bonchev–Trinajstić information content (AvgIpc) is 3.38. The normalized spacial score (nSPS) is 10.8. The number of hydrogen-bond acceptors (Lipinski definition) is 20. The lowest BCUT2D eigenvalue weighted by molar-refractivity contribution is -0.193. The van der Waals surface area contributed by atoms with Crippen LogP contribution in [0.4, 0.5) is 0 Å². The summed E-state index contributed by atoms with van der Waals surface area (Å²) in [7, 11) is 2.85. The predicted molar refractivity (Wildman–Crippen MR) is 265 cm³/mol. The highest BCUT2D eigenvalue weighted by Gasteiger charge is 2.33. The molecule has 20 heteroatoms. The number of rotatable bonds is 23. The summed E-state index contributed by atoms with van der Waals surface area (Å²) in [6.45, 7) is 37.6. The van der Waals surface area contributed by atoms with Crippen LogP contribution in [0.3, 0.4) is 0 Å². The largest absolute Gasteiger partial charge is 0.469 e. The predicted octanol–water partition coefficient (Wildman–Crippen LogP) is 10.1. The molecule has 0 heterocycles. The van der Waals surface area contributed by atoms with Crippen molar-refractivity contribution in [3.05, 3.63) is 0 Å². The van der Waals surface area contributed by atoms with Crippen LogP contribution in [0, 0.1) is 27.1 Å². The van der Waals surface area contributed by atoms with E-state index in [1.807, 2.05) is 96.9 Å². The van der Waals surface area contributed by atoms with Crippen molar-refractivity contribution in [2.75, 3.05) is 34.0 Å². The van der Waals surface area contributed by atoms with Gasteiger partial charge in [0, 0.05) is 0 Å². The first-order valence-corrected chi connectivity index (χ1v) is 24.7. The van der Waals surface area contributed by atoms with Gasteiger partial charge in [0.15, 0.2) is 0 Å². The zero-order chi connectivity index (χ0) is 60.2. The molecule has 0 aromatic heterocycles. The van der Waals surface area contributed by atoms with Crippen molar-refractivity contribution in [3.63, 3.8) is 0 Å². The van der Waals surface area contributed by atoms with E-state index in [1.54, 1.807) is 0 Å². The number of ether oxygens (including phenoxy) is 5. The van der Waals surface area contributed by atoms with Gasteiger partial charge in [-0.3, -0.25) is 24.0 Å². The zero-order valence-corrected chi connectivity index (χ0v) is 48.4. The molecule has 2 atom stereocenters. The first-order chi connectivity index (χ1) is 34.0. The molecule has 0 spiro atoms. The Morgan fingerprint density at radius 3 is 0.836 bits per heavy atom. The van der Waals surface area contributed by atoms with E-state index in [2.05, 4.69) is 37.2 Å². The SMILES string of the molecule is CCC(C)(C)C(=O)OC.CCC(C)(CC)C(=O)OC.CCCCOC(=O)C(C)(CC)CCCC.CCCOC(=O)C(C)(CC)CCC.CCOC(=O)C(C)(CC)CC.O=C=O.O=C=O.O=C=O.O=C=O.O=C=O. The van der Waals surface area contributed by atoms with E-state index in [0.29, 0.717) is 19.8 Å². The van der Waals surface area contributed by atoms with E-state index < -0.39 is 0 Å². The van der Waals surface area contributed by atoms with Gasteiger partial charge >= 0.3 is 60.6 Å². The van der Waals surface area contributed by atoms with E-state index in [4.69, 9.17) is 62.2 Å². The van der Waals surface area contributed by atoms with Crippen LogP contribution in [0.25, 0.3) is 0 Å². The Morgan fingerprint density at radius 1 is 0.329 bits per heavy atom. The van der Waals surface area contributed by atoms with E-state index >= 15 is 0 Å².